The van der Waals surface area contributed by atoms with Gasteiger partial charge >= 0.3 is 0 Å². The number of likely N-dealkylation sites (N-methyl/N-ethyl adjacent to an activating group) is 1. The molecule has 0 unspecified atom stereocenters. The van der Waals surface area contributed by atoms with E-state index in [1.54, 1.807) is 12.3 Å². The maximum Gasteiger partial charge on any atom is 0.167 e. The first kappa shape index (κ1) is 23.1. The van der Waals surface area contributed by atoms with Crippen molar-refractivity contribution in [1.29, 1.82) is 0 Å². The zero-order valence-corrected chi connectivity index (χ0v) is 20.9. The fourth-order valence-corrected chi connectivity index (χ4v) is 5.54. The summed E-state index contributed by atoms with van der Waals surface area (Å²) < 4.78 is 21.7. The lowest BCUT2D eigenvalue weighted by molar-refractivity contribution is 0.0982. The van der Waals surface area contributed by atoms with E-state index in [1.165, 1.54) is 32.0 Å². The van der Waals surface area contributed by atoms with Crippen LogP contribution in [0.1, 0.15) is 19.8 Å². The number of anilines is 1. The number of piperidine rings is 1. The van der Waals surface area contributed by atoms with Gasteiger partial charge in [-0.15, -0.1) is 0 Å². The van der Waals surface area contributed by atoms with Crippen LogP contribution in [0, 0.1) is 5.82 Å². The van der Waals surface area contributed by atoms with Gasteiger partial charge in [-0.05, 0) is 44.5 Å². The summed E-state index contributed by atoms with van der Waals surface area (Å²) in [7, 11) is 2.21. The van der Waals surface area contributed by atoms with Crippen LogP contribution in [0.2, 0.25) is 0 Å². The van der Waals surface area contributed by atoms with Crippen molar-refractivity contribution in [2.45, 2.75) is 25.8 Å². The largest absolute Gasteiger partial charge is 0.491 e. The predicted molar refractivity (Wildman–Crippen MR) is 139 cm³/mol. The Morgan fingerprint density at radius 2 is 1.81 bits per heavy atom. The highest BCUT2D eigenvalue weighted by molar-refractivity contribution is 5.98. The molecule has 4 aromatic rings. The fraction of sp³-hybridized carbons (Fsp3) is 0.444. The zero-order valence-electron chi connectivity index (χ0n) is 20.9. The quantitative estimate of drug-likeness (QED) is 0.424. The van der Waals surface area contributed by atoms with Crippen LogP contribution in [0.25, 0.3) is 27.7 Å². The van der Waals surface area contributed by atoms with Gasteiger partial charge in [-0.25, -0.2) is 13.9 Å². The van der Waals surface area contributed by atoms with E-state index in [2.05, 4.69) is 38.0 Å². The summed E-state index contributed by atoms with van der Waals surface area (Å²) in [6.07, 6.45) is 9.88. The molecule has 0 atom stereocenters. The second-order valence-electron chi connectivity index (χ2n) is 9.79. The molecule has 2 aliphatic rings. The topological polar surface area (TPSA) is 62.0 Å². The minimum absolute atomic E-state index is 0.228. The van der Waals surface area contributed by atoms with Crippen molar-refractivity contribution in [2.24, 2.45) is 0 Å². The van der Waals surface area contributed by atoms with Crippen molar-refractivity contribution >= 4 is 22.2 Å². The summed E-state index contributed by atoms with van der Waals surface area (Å²) in [6, 6.07) is 5.74. The van der Waals surface area contributed by atoms with E-state index in [0.717, 1.165) is 54.0 Å². The summed E-state index contributed by atoms with van der Waals surface area (Å²) in [6.45, 7) is 8.97. The van der Waals surface area contributed by atoms with E-state index >= 15 is 0 Å². The molecule has 2 saturated heterocycles. The van der Waals surface area contributed by atoms with Crippen molar-refractivity contribution in [1.82, 2.24) is 29.4 Å². The Kier molecular flexibility index (Phi) is 6.18. The molecule has 3 aromatic heterocycles. The van der Waals surface area contributed by atoms with Crippen LogP contribution >= 0.6 is 0 Å². The highest BCUT2D eigenvalue weighted by atomic mass is 19.1. The number of ether oxygens (including phenoxy) is 1. The number of hydrogen-bond donors (Lipinski definition) is 0. The van der Waals surface area contributed by atoms with E-state index in [-0.39, 0.29) is 5.75 Å². The molecule has 36 heavy (non-hydrogen) atoms. The lowest BCUT2D eigenvalue weighted by Gasteiger charge is -2.42. The average molecular weight is 490 g/mol. The summed E-state index contributed by atoms with van der Waals surface area (Å²) in [5, 5.41) is 5.43. The van der Waals surface area contributed by atoms with Crippen molar-refractivity contribution in [3.8, 4) is 16.9 Å². The van der Waals surface area contributed by atoms with Crippen LogP contribution in [0.4, 0.5) is 10.1 Å². The fourth-order valence-electron chi connectivity index (χ4n) is 5.54. The van der Waals surface area contributed by atoms with Gasteiger partial charge in [0.15, 0.2) is 17.2 Å². The van der Waals surface area contributed by atoms with E-state index in [9.17, 15) is 4.39 Å². The van der Waals surface area contributed by atoms with Gasteiger partial charge in [0.05, 0.1) is 36.4 Å². The molecule has 0 saturated carbocycles. The molecule has 0 N–H and O–H groups in total. The monoisotopic (exact) mass is 489 g/mol. The van der Waals surface area contributed by atoms with Crippen molar-refractivity contribution in [3.63, 3.8) is 0 Å². The third kappa shape index (κ3) is 4.26. The summed E-state index contributed by atoms with van der Waals surface area (Å²) in [5.74, 6) is -0.182. The zero-order chi connectivity index (χ0) is 24.6. The number of pyridine rings is 1. The number of halogens is 1. The van der Waals surface area contributed by atoms with Gasteiger partial charge in [0.1, 0.15) is 0 Å². The third-order valence-electron chi connectivity index (χ3n) is 7.61. The lowest BCUT2D eigenvalue weighted by Crippen LogP contribution is -2.52. The molecule has 0 spiro atoms. The molecule has 5 heterocycles. The van der Waals surface area contributed by atoms with Crippen molar-refractivity contribution < 1.29 is 9.13 Å². The van der Waals surface area contributed by atoms with Crippen LogP contribution in [0.5, 0.6) is 5.75 Å². The standard InChI is InChI=1S/C27H32FN7O/c1-3-36-26-14-22-21(4-7-29-25(22)15-24(26)28)23-17-31-35-18-20(16-30-27(23)35)33-8-5-19(6-9-33)34-12-10-32(2)11-13-34/h4,7,14-19H,3,5-6,8-13H2,1-2H3. The summed E-state index contributed by atoms with van der Waals surface area (Å²) in [5.41, 5.74) is 4.23. The van der Waals surface area contributed by atoms with E-state index in [0.29, 0.717) is 18.2 Å². The van der Waals surface area contributed by atoms with Crippen LogP contribution in [-0.2, 0) is 0 Å². The van der Waals surface area contributed by atoms with E-state index in [1.807, 2.05) is 29.9 Å². The smallest absolute Gasteiger partial charge is 0.167 e. The molecular weight excluding hydrogens is 457 g/mol. The minimum Gasteiger partial charge on any atom is -0.491 e. The molecule has 188 valence electrons. The van der Waals surface area contributed by atoms with Crippen LogP contribution < -0.4 is 9.64 Å². The molecule has 1 aromatic carbocycles. The first-order chi connectivity index (χ1) is 17.6. The van der Waals surface area contributed by atoms with Gasteiger partial charge in [0.2, 0.25) is 0 Å². The minimum atomic E-state index is -0.409. The van der Waals surface area contributed by atoms with Gasteiger partial charge in [-0.3, -0.25) is 9.88 Å². The Morgan fingerprint density at radius 1 is 1.00 bits per heavy atom. The van der Waals surface area contributed by atoms with Gasteiger partial charge < -0.3 is 14.5 Å². The number of nitrogens with zero attached hydrogens (tertiary/aromatic N) is 7. The molecule has 0 aliphatic carbocycles. The van der Waals surface area contributed by atoms with Gasteiger partial charge in [-0.1, -0.05) is 0 Å². The maximum absolute atomic E-state index is 14.4. The third-order valence-corrected chi connectivity index (χ3v) is 7.61. The van der Waals surface area contributed by atoms with Gasteiger partial charge in [0.25, 0.3) is 0 Å². The number of piperazine rings is 1. The summed E-state index contributed by atoms with van der Waals surface area (Å²) in [4.78, 5) is 16.7. The first-order valence-electron chi connectivity index (χ1n) is 12.8. The second-order valence-corrected chi connectivity index (χ2v) is 9.79. The number of rotatable bonds is 5. The number of aromatic nitrogens is 4. The van der Waals surface area contributed by atoms with Gasteiger partial charge in [-0.2, -0.15) is 5.10 Å². The molecular formula is C27H32FN7O. The first-order valence-corrected chi connectivity index (χ1v) is 12.8. The molecule has 8 nitrogen and oxygen atoms in total. The lowest BCUT2D eigenvalue weighted by atomic mass is 10.0. The Balaban J connectivity index is 1.24. The maximum atomic E-state index is 14.4. The molecule has 9 heteroatoms. The Bertz CT molecular complexity index is 1370. The number of fused-ring (bicyclic) bond motifs is 2. The predicted octanol–water partition coefficient (Wildman–Crippen LogP) is 3.70. The average Bonchev–Trinajstić information content (AvgIpc) is 3.33. The summed E-state index contributed by atoms with van der Waals surface area (Å²) >= 11 is 0. The van der Waals surface area contributed by atoms with Crippen LogP contribution in [-0.4, -0.2) is 88.3 Å². The van der Waals surface area contributed by atoms with Crippen LogP contribution in [0.15, 0.2) is 43.0 Å². The van der Waals surface area contributed by atoms with E-state index in [4.69, 9.17) is 9.72 Å². The Hall–Kier alpha value is -3.30. The molecule has 2 fully saturated rings. The number of hydrogen-bond acceptors (Lipinski definition) is 7. The number of benzene rings is 1. The van der Waals surface area contributed by atoms with E-state index < -0.39 is 5.82 Å². The highest BCUT2D eigenvalue weighted by Gasteiger charge is 2.27. The molecule has 0 bridgehead atoms. The Labute approximate surface area is 210 Å². The SMILES string of the molecule is CCOc1cc2c(-c3cnn4cc(N5CCC(N6CCN(C)CC6)CC5)cnc34)ccnc2cc1F. The van der Waals surface area contributed by atoms with Gasteiger partial charge in [0, 0.05) is 68.5 Å². The normalized spacial score (nSPS) is 18.4. The molecule has 6 rings (SSSR count). The van der Waals surface area contributed by atoms with Crippen molar-refractivity contribution in [2.75, 3.05) is 57.8 Å². The second kappa shape index (κ2) is 9.63. The molecule has 0 radical (unpaired) electrons. The Morgan fingerprint density at radius 3 is 2.58 bits per heavy atom. The van der Waals surface area contributed by atoms with Crippen LogP contribution in [0.3, 0.4) is 0 Å². The molecule has 2 aliphatic heterocycles. The molecule has 0 amide bonds. The van der Waals surface area contributed by atoms with Crippen molar-refractivity contribution in [3.05, 3.63) is 48.8 Å². The highest BCUT2D eigenvalue weighted by Crippen LogP contribution is 2.34.